The molecule has 2 aliphatic rings. The molecule has 2 aromatic carbocycles. The van der Waals surface area contributed by atoms with Crippen LogP contribution >= 0.6 is 0 Å². The molecule has 2 aliphatic heterocycles. The molecule has 4 rings (SSSR count). The number of carbonyl (C=O) groups excluding carboxylic acids is 3. The summed E-state index contributed by atoms with van der Waals surface area (Å²) in [6.45, 7) is 7.56. The summed E-state index contributed by atoms with van der Waals surface area (Å²) in [5, 5.41) is 2.69. The molecule has 31 heavy (non-hydrogen) atoms. The Morgan fingerprint density at radius 2 is 1.61 bits per heavy atom. The van der Waals surface area contributed by atoms with Crippen LogP contribution in [0.15, 0.2) is 48.2 Å². The van der Waals surface area contributed by atoms with Crippen molar-refractivity contribution in [2.45, 2.75) is 20.8 Å². The molecule has 1 saturated heterocycles. The number of aryl methyl sites for hydroxylation is 2. The molecule has 0 atom stereocenters. The van der Waals surface area contributed by atoms with Crippen LogP contribution in [0.25, 0.3) is 5.57 Å². The number of ether oxygens (including phenoxy) is 1. The first-order valence-corrected chi connectivity index (χ1v) is 10.3. The predicted molar refractivity (Wildman–Crippen MR) is 118 cm³/mol. The first-order valence-electron chi connectivity index (χ1n) is 10.3. The molecule has 0 spiro atoms. The number of morpholine rings is 1. The maximum absolute atomic E-state index is 13.5. The fourth-order valence-corrected chi connectivity index (χ4v) is 3.89. The quantitative estimate of drug-likeness (QED) is 0.771. The van der Waals surface area contributed by atoms with Gasteiger partial charge in [0, 0.05) is 25.7 Å². The van der Waals surface area contributed by atoms with Crippen molar-refractivity contribution in [1.82, 2.24) is 4.90 Å². The van der Waals surface area contributed by atoms with Gasteiger partial charge in [-0.3, -0.25) is 14.4 Å². The Hall–Kier alpha value is -3.45. The molecule has 0 unspecified atom stereocenters. The van der Waals surface area contributed by atoms with Gasteiger partial charge in [-0.2, -0.15) is 0 Å². The van der Waals surface area contributed by atoms with Crippen molar-refractivity contribution in [3.05, 3.63) is 64.9 Å². The van der Waals surface area contributed by atoms with E-state index >= 15 is 0 Å². The van der Waals surface area contributed by atoms with E-state index in [9.17, 15) is 14.4 Å². The number of hydrogen-bond donors (Lipinski definition) is 1. The minimum atomic E-state index is -0.345. The third-order valence-electron chi connectivity index (χ3n) is 5.63. The van der Waals surface area contributed by atoms with Crippen LogP contribution < -0.4 is 10.2 Å². The number of amides is 3. The van der Waals surface area contributed by atoms with Crippen molar-refractivity contribution in [2.24, 2.45) is 0 Å². The van der Waals surface area contributed by atoms with Crippen molar-refractivity contribution in [3.63, 3.8) is 0 Å². The monoisotopic (exact) mass is 419 g/mol. The molecule has 7 heteroatoms. The summed E-state index contributed by atoms with van der Waals surface area (Å²) < 4.78 is 5.44. The van der Waals surface area contributed by atoms with E-state index in [0.29, 0.717) is 48.9 Å². The van der Waals surface area contributed by atoms with E-state index in [2.05, 4.69) is 5.32 Å². The van der Waals surface area contributed by atoms with E-state index in [-0.39, 0.29) is 17.7 Å². The minimum Gasteiger partial charge on any atom is -0.378 e. The lowest BCUT2D eigenvalue weighted by Crippen LogP contribution is -2.40. The highest BCUT2D eigenvalue weighted by Gasteiger charge is 2.42. The van der Waals surface area contributed by atoms with Gasteiger partial charge >= 0.3 is 0 Å². The van der Waals surface area contributed by atoms with Gasteiger partial charge in [0.25, 0.3) is 11.8 Å². The van der Waals surface area contributed by atoms with Crippen LogP contribution in [-0.4, -0.2) is 48.9 Å². The first-order chi connectivity index (χ1) is 14.9. The summed E-state index contributed by atoms with van der Waals surface area (Å²) in [6, 6.07) is 12.5. The van der Waals surface area contributed by atoms with Crippen LogP contribution in [-0.2, 0) is 19.1 Å². The number of hydrogen-bond acceptors (Lipinski definition) is 5. The SMILES string of the molecule is CC(=O)Nc1ccc(N2C(=O)C(c3ccc(C)c(C)c3)=C(N3CCOCC3)C2=O)cc1. The Labute approximate surface area is 181 Å². The van der Waals surface area contributed by atoms with Gasteiger partial charge in [-0.05, 0) is 54.8 Å². The van der Waals surface area contributed by atoms with Crippen LogP contribution in [0.4, 0.5) is 11.4 Å². The number of imide groups is 1. The molecule has 3 amide bonds. The molecule has 0 aromatic heterocycles. The average Bonchev–Trinajstić information content (AvgIpc) is 3.01. The Morgan fingerprint density at radius 3 is 2.23 bits per heavy atom. The lowest BCUT2D eigenvalue weighted by Gasteiger charge is -2.29. The number of rotatable bonds is 4. The van der Waals surface area contributed by atoms with Crippen LogP contribution in [0.5, 0.6) is 0 Å². The van der Waals surface area contributed by atoms with Crippen molar-refractivity contribution < 1.29 is 19.1 Å². The van der Waals surface area contributed by atoms with Gasteiger partial charge in [0.2, 0.25) is 5.91 Å². The molecule has 0 radical (unpaired) electrons. The van der Waals surface area contributed by atoms with Gasteiger partial charge in [-0.15, -0.1) is 0 Å². The van der Waals surface area contributed by atoms with Gasteiger partial charge in [0.1, 0.15) is 5.70 Å². The van der Waals surface area contributed by atoms with Crippen LogP contribution in [0.2, 0.25) is 0 Å². The first kappa shape index (κ1) is 20.8. The highest BCUT2D eigenvalue weighted by Crippen LogP contribution is 2.36. The van der Waals surface area contributed by atoms with E-state index in [4.69, 9.17) is 4.74 Å². The van der Waals surface area contributed by atoms with Gasteiger partial charge in [0.15, 0.2) is 0 Å². The summed E-state index contributed by atoms with van der Waals surface area (Å²) >= 11 is 0. The number of nitrogens with one attached hydrogen (secondary N) is 1. The van der Waals surface area contributed by atoms with E-state index in [1.807, 2.05) is 36.9 Å². The lowest BCUT2D eigenvalue weighted by atomic mass is 9.99. The van der Waals surface area contributed by atoms with Crippen molar-refractivity contribution in [2.75, 3.05) is 36.5 Å². The van der Waals surface area contributed by atoms with E-state index in [1.54, 1.807) is 24.3 Å². The number of anilines is 2. The zero-order valence-electron chi connectivity index (χ0n) is 17.9. The highest BCUT2D eigenvalue weighted by atomic mass is 16.5. The molecule has 0 saturated carbocycles. The predicted octanol–water partition coefficient (Wildman–Crippen LogP) is 2.88. The second-order valence-electron chi connectivity index (χ2n) is 7.80. The largest absolute Gasteiger partial charge is 0.378 e. The fraction of sp³-hybridized carbons (Fsp3) is 0.292. The smallest absolute Gasteiger partial charge is 0.282 e. The summed E-state index contributed by atoms with van der Waals surface area (Å²) in [6.07, 6.45) is 0. The number of benzene rings is 2. The average molecular weight is 419 g/mol. The summed E-state index contributed by atoms with van der Waals surface area (Å²) in [5.74, 6) is -0.871. The van der Waals surface area contributed by atoms with Gasteiger partial charge in [-0.1, -0.05) is 18.2 Å². The van der Waals surface area contributed by atoms with Crippen LogP contribution in [0, 0.1) is 13.8 Å². The summed E-state index contributed by atoms with van der Waals surface area (Å²) in [7, 11) is 0. The Morgan fingerprint density at radius 1 is 0.935 bits per heavy atom. The molecule has 0 bridgehead atoms. The normalized spacial score (nSPS) is 16.9. The standard InChI is InChI=1S/C24H25N3O4/c1-15-4-5-18(14-16(15)2)21-22(26-10-12-31-13-11-26)24(30)27(23(21)29)20-8-6-19(7-9-20)25-17(3)28/h4-9,14H,10-13H2,1-3H3,(H,25,28). The number of carbonyl (C=O) groups is 3. The second kappa shape index (κ2) is 8.35. The minimum absolute atomic E-state index is 0.186. The Balaban J connectivity index is 1.76. The molecule has 2 heterocycles. The maximum Gasteiger partial charge on any atom is 0.282 e. The second-order valence-corrected chi connectivity index (χ2v) is 7.80. The third-order valence-corrected chi connectivity index (χ3v) is 5.63. The van der Waals surface area contributed by atoms with Gasteiger partial charge in [-0.25, -0.2) is 4.90 Å². The molecule has 2 aromatic rings. The van der Waals surface area contributed by atoms with Gasteiger partial charge in [0.05, 0.1) is 24.5 Å². The molecule has 1 fully saturated rings. The van der Waals surface area contributed by atoms with E-state index in [1.165, 1.54) is 11.8 Å². The van der Waals surface area contributed by atoms with Gasteiger partial charge < -0.3 is 15.0 Å². The fourth-order valence-electron chi connectivity index (χ4n) is 3.89. The topological polar surface area (TPSA) is 79.0 Å². The van der Waals surface area contributed by atoms with Crippen molar-refractivity contribution in [3.8, 4) is 0 Å². The van der Waals surface area contributed by atoms with Crippen LogP contribution in [0.1, 0.15) is 23.6 Å². The summed E-state index contributed by atoms with van der Waals surface area (Å²) in [4.78, 5) is 41.5. The van der Waals surface area contributed by atoms with E-state index in [0.717, 1.165) is 16.7 Å². The molecule has 7 nitrogen and oxygen atoms in total. The van der Waals surface area contributed by atoms with E-state index < -0.39 is 0 Å². The molecule has 0 aliphatic carbocycles. The Kier molecular flexibility index (Phi) is 5.61. The molecular formula is C24H25N3O4. The summed E-state index contributed by atoms with van der Waals surface area (Å²) in [5.41, 5.74) is 4.83. The molecule has 1 N–H and O–H groups in total. The van der Waals surface area contributed by atoms with Crippen molar-refractivity contribution >= 4 is 34.7 Å². The molecule has 160 valence electrons. The maximum atomic E-state index is 13.5. The lowest BCUT2D eigenvalue weighted by molar-refractivity contribution is -0.121. The third kappa shape index (κ3) is 3.96. The molecular weight excluding hydrogens is 394 g/mol. The zero-order valence-corrected chi connectivity index (χ0v) is 17.9. The zero-order chi connectivity index (χ0) is 22.1. The number of nitrogens with zero attached hydrogens (tertiary/aromatic N) is 2. The van der Waals surface area contributed by atoms with Crippen molar-refractivity contribution in [1.29, 1.82) is 0 Å². The highest BCUT2D eigenvalue weighted by molar-refractivity contribution is 6.45. The van der Waals surface area contributed by atoms with Crippen LogP contribution in [0.3, 0.4) is 0 Å². The Bertz CT molecular complexity index is 1080.